The van der Waals surface area contributed by atoms with Crippen molar-refractivity contribution in [3.8, 4) is 5.82 Å². The number of nitrogens with one attached hydrogen (secondary N) is 3. The van der Waals surface area contributed by atoms with E-state index in [1.807, 2.05) is 0 Å². The number of hydrogen-bond donors (Lipinski definition) is 3. The van der Waals surface area contributed by atoms with Gasteiger partial charge >= 0.3 is 0 Å². The van der Waals surface area contributed by atoms with Gasteiger partial charge in [0.25, 0.3) is 11.8 Å². The Kier molecular flexibility index (Phi) is 7.16. The zero-order chi connectivity index (χ0) is 22.7. The van der Waals surface area contributed by atoms with Gasteiger partial charge in [0.15, 0.2) is 5.82 Å². The number of rotatable bonds is 4. The minimum Gasteiger partial charge on any atom is -0.319 e. The van der Waals surface area contributed by atoms with Crippen LogP contribution in [0, 0.1) is 0 Å². The molecule has 0 saturated heterocycles. The first-order chi connectivity index (χ1) is 14.7. The molecule has 9 nitrogen and oxygen atoms in total. The number of nitrogens with zero attached hydrogens (tertiary/aromatic N) is 3. The van der Waals surface area contributed by atoms with Crippen molar-refractivity contribution in [3.05, 3.63) is 67.5 Å². The number of benzene rings is 1. The first-order valence-corrected chi connectivity index (χ1v) is 10.3. The first kappa shape index (κ1) is 23.0. The van der Waals surface area contributed by atoms with Crippen molar-refractivity contribution in [3.63, 3.8) is 0 Å². The summed E-state index contributed by atoms with van der Waals surface area (Å²) in [6.45, 7) is 1.22. The Bertz CT molecular complexity index is 1200. The summed E-state index contributed by atoms with van der Waals surface area (Å²) in [6.07, 6.45) is 1.50. The number of aromatic nitrogens is 3. The van der Waals surface area contributed by atoms with Crippen molar-refractivity contribution in [2.75, 3.05) is 5.32 Å². The van der Waals surface area contributed by atoms with E-state index < -0.39 is 17.7 Å². The van der Waals surface area contributed by atoms with Crippen molar-refractivity contribution in [2.24, 2.45) is 0 Å². The van der Waals surface area contributed by atoms with Crippen LogP contribution in [0.3, 0.4) is 0 Å². The minimum atomic E-state index is -0.739. The monoisotopic (exact) mass is 544 g/mol. The molecule has 3 rings (SSSR count). The van der Waals surface area contributed by atoms with Crippen molar-refractivity contribution in [2.45, 2.75) is 6.92 Å². The zero-order valence-electron chi connectivity index (χ0n) is 15.5. The average Bonchev–Trinajstić information content (AvgIpc) is 3.09. The van der Waals surface area contributed by atoms with E-state index in [1.54, 1.807) is 12.1 Å². The molecule has 1 aromatic carbocycles. The topological polar surface area (TPSA) is 118 Å². The van der Waals surface area contributed by atoms with Crippen LogP contribution in [0.25, 0.3) is 5.82 Å². The van der Waals surface area contributed by atoms with Crippen LogP contribution in [0.5, 0.6) is 0 Å². The number of carbonyl (C=O) groups excluding carboxylic acids is 3. The van der Waals surface area contributed by atoms with Crippen LogP contribution in [-0.4, -0.2) is 32.5 Å². The van der Waals surface area contributed by atoms with Crippen molar-refractivity contribution in [1.82, 2.24) is 25.6 Å². The highest BCUT2D eigenvalue weighted by molar-refractivity contribution is 9.10. The summed E-state index contributed by atoms with van der Waals surface area (Å²) >= 11 is 21.6. The fourth-order valence-corrected chi connectivity index (χ4v) is 3.60. The quantitative estimate of drug-likeness (QED) is 0.427. The molecule has 0 fully saturated rings. The molecular formula is C18H12BrCl3N6O3. The Morgan fingerprint density at radius 3 is 2.45 bits per heavy atom. The largest absolute Gasteiger partial charge is 0.319 e. The SMILES string of the molecule is CC(=O)NNC(=O)c1cc(Cl)cc(Cl)c1NC(=O)c1cc(Br)nn1-c1ncccc1Cl. The standard InChI is InChI=1S/C18H12BrCl3N6O3/c1-8(29)25-26-17(30)10-5-9(20)6-12(22)15(10)24-18(31)13-7-14(19)27-28(13)16-11(21)3-2-4-23-16/h2-7H,1H3,(H,24,31)(H,25,29)(H,26,30). The number of hydrazine groups is 1. The predicted molar refractivity (Wildman–Crippen MR) is 120 cm³/mol. The fraction of sp³-hybridized carbons (Fsp3) is 0.0556. The van der Waals surface area contributed by atoms with E-state index in [9.17, 15) is 14.4 Å². The summed E-state index contributed by atoms with van der Waals surface area (Å²) in [5, 5.41) is 7.21. The highest BCUT2D eigenvalue weighted by Gasteiger charge is 2.23. The van der Waals surface area contributed by atoms with E-state index in [1.165, 1.54) is 36.0 Å². The lowest BCUT2D eigenvalue weighted by Gasteiger charge is -2.14. The van der Waals surface area contributed by atoms with Gasteiger partial charge in [-0.3, -0.25) is 25.2 Å². The van der Waals surface area contributed by atoms with Crippen LogP contribution in [0.2, 0.25) is 15.1 Å². The van der Waals surface area contributed by atoms with Crippen molar-refractivity contribution < 1.29 is 14.4 Å². The molecule has 3 N–H and O–H groups in total. The lowest BCUT2D eigenvalue weighted by Crippen LogP contribution is -2.40. The second-order valence-corrected chi connectivity index (χ2v) is 8.04. The number of hydrogen-bond acceptors (Lipinski definition) is 5. The van der Waals surface area contributed by atoms with Gasteiger partial charge in [0.2, 0.25) is 5.91 Å². The second kappa shape index (κ2) is 9.65. The molecule has 2 heterocycles. The molecule has 13 heteroatoms. The molecule has 0 unspecified atom stereocenters. The number of pyridine rings is 1. The summed E-state index contributed by atoms with van der Waals surface area (Å²) in [5.41, 5.74) is 4.32. The Morgan fingerprint density at radius 2 is 1.77 bits per heavy atom. The van der Waals surface area contributed by atoms with Gasteiger partial charge < -0.3 is 5.32 Å². The van der Waals surface area contributed by atoms with E-state index in [-0.39, 0.29) is 37.8 Å². The summed E-state index contributed by atoms with van der Waals surface area (Å²) in [6, 6.07) is 7.33. The van der Waals surface area contributed by atoms with Crippen molar-refractivity contribution in [1.29, 1.82) is 0 Å². The Labute approximate surface area is 199 Å². The fourth-order valence-electron chi connectivity index (χ4n) is 2.48. The van der Waals surface area contributed by atoms with Gasteiger partial charge in [0, 0.05) is 24.2 Å². The smallest absolute Gasteiger partial charge is 0.274 e. The molecule has 160 valence electrons. The summed E-state index contributed by atoms with van der Waals surface area (Å²) in [4.78, 5) is 40.8. The lowest BCUT2D eigenvalue weighted by molar-refractivity contribution is -0.119. The molecule has 0 saturated carbocycles. The minimum absolute atomic E-state index is 0.00910. The molecule has 2 aromatic heterocycles. The normalized spacial score (nSPS) is 10.5. The number of amides is 3. The van der Waals surface area contributed by atoms with Gasteiger partial charge in [-0.25, -0.2) is 9.67 Å². The molecule has 31 heavy (non-hydrogen) atoms. The molecule has 0 aliphatic heterocycles. The van der Waals surface area contributed by atoms with Crippen LogP contribution in [0.4, 0.5) is 5.69 Å². The van der Waals surface area contributed by atoms with E-state index in [0.717, 1.165) is 0 Å². The number of carbonyl (C=O) groups is 3. The zero-order valence-corrected chi connectivity index (χ0v) is 19.4. The van der Waals surface area contributed by atoms with Gasteiger partial charge in [-0.2, -0.15) is 5.10 Å². The molecule has 0 spiro atoms. The Hall–Kier alpha value is -2.66. The third kappa shape index (κ3) is 5.34. The maximum absolute atomic E-state index is 13.1. The van der Waals surface area contributed by atoms with Gasteiger partial charge in [0.1, 0.15) is 10.3 Å². The van der Waals surface area contributed by atoms with Gasteiger partial charge in [-0.15, -0.1) is 0 Å². The second-order valence-electron chi connectivity index (χ2n) is 5.97. The molecule has 0 aliphatic carbocycles. The van der Waals surface area contributed by atoms with Gasteiger partial charge in [-0.05, 0) is 40.2 Å². The van der Waals surface area contributed by atoms with Crippen molar-refractivity contribution >= 4 is 74.1 Å². The highest BCUT2D eigenvalue weighted by atomic mass is 79.9. The molecule has 0 aliphatic rings. The molecular weight excluding hydrogens is 535 g/mol. The summed E-state index contributed by atoms with van der Waals surface area (Å²) in [5.74, 6) is -1.66. The average molecular weight is 547 g/mol. The van der Waals surface area contributed by atoms with Gasteiger partial charge in [0.05, 0.1) is 21.3 Å². The number of anilines is 1. The van der Waals surface area contributed by atoms with Crippen LogP contribution >= 0.6 is 50.7 Å². The van der Waals surface area contributed by atoms with E-state index in [2.05, 4.69) is 42.2 Å². The summed E-state index contributed by atoms with van der Waals surface area (Å²) < 4.78 is 1.59. The molecule has 0 bridgehead atoms. The van der Waals surface area contributed by atoms with Gasteiger partial charge in [-0.1, -0.05) is 34.8 Å². The first-order valence-electron chi connectivity index (χ1n) is 8.41. The summed E-state index contributed by atoms with van der Waals surface area (Å²) in [7, 11) is 0. The van der Waals surface area contributed by atoms with Crippen LogP contribution in [0.1, 0.15) is 27.8 Å². The predicted octanol–water partition coefficient (Wildman–Crippen LogP) is 4.02. The molecule has 3 aromatic rings. The highest BCUT2D eigenvalue weighted by Crippen LogP contribution is 2.31. The Morgan fingerprint density at radius 1 is 1.03 bits per heavy atom. The maximum atomic E-state index is 13.1. The van der Waals surface area contributed by atoms with Crippen LogP contribution in [0.15, 0.2) is 41.1 Å². The van der Waals surface area contributed by atoms with E-state index in [4.69, 9.17) is 34.8 Å². The van der Waals surface area contributed by atoms with E-state index in [0.29, 0.717) is 4.60 Å². The van der Waals surface area contributed by atoms with Crippen LogP contribution < -0.4 is 16.2 Å². The third-order valence-corrected chi connectivity index (χ3v) is 4.94. The third-order valence-electron chi connectivity index (χ3n) is 3.74. The lowest BCUT2D eigenvalue weighted by atomic mass is 10.1. The maximum Gasteiger partial charge on any atom is 0.274 e. The molecule has 3 amide bonds. The molecule has 0 radical (unpaired) electrons. The Balaban J connectivity index is 1.99. The van der Waals surface area contributed by atoms with E-state index >= 15 is 0 Å². The number of halogens is 4. The molecule has 0 atom stereocenters. The van der Waals surface area contributed by atoms with Crippen LogP contribution in [-0.2, 0) is 4.79 Å².